The van der Waals surface area contributed by atoms with Crippen LogP contribution in [0.2, 0.25) is 0 Å². The lowest BCUT2D eigenvalue weighted by atomic mass is 9.98. The normalized spacial score (nSPS) is 20.3. The first kappa shape index (κ1) is 25.4. The van der Waals surface area contributed by atoms with Crippen LogP contribution in [-0.4, -0.2) is 81.4 Å². The quantitative estimate of drug-likeness (QED) is 0.587. The minimum absolute atomic E-state index is 0.0700. The Morgan fingerprint density at radius 3 is 2.51 bits per heavy atom. The average molecular weight is 498 g/mol. The fraction of sp³-hybridized carbons (Fsp3) is 0.444. The van der Waals surface area contributed by atoms with Gasteiger partial charge in [-0.25, -0.2) is 8.42 Å². The number of carbonyl (C=O) groups is 1. The number of nitrogens with zero attached hydrogens (tertiary/aromatic N) is 3. The molecule has 7 nitrogen and oxygen atoms in total. The lowest BCUT2D eigenvalue weighted by Crippen LogP contribution is -2.53. The van der Waals surface area contributed by atoms with Crippen LogP contribution in [0.25, 0.3) is 6.08 Å². The molecule has 0 saturated carbocycles. The smallest absolute Gasteiger partial charge is 0.246 e. The molecule has 0 aromatic heterocycles. The lowest BCUT2D eigenvalue weighted by molar-refractivity contribution is -0.138. The molecular formula is C27H35N3O4S. The number of carbonyl (C=O) groups excluding carboxylic acids is 1. The minimum Gasteiger partial charge on any atom is -0.495 e. The summed E-state index contributed by atoms with van der Waals surface area (Å²) in [5.41, 5.74) is 2.03. The number of piperazine rings is 1. The second-order valence-corrected chi connectivity index (χ2v) is 11.2. The summed E-state index contributed by atoms with van der Waals surface area (Å²) >= 11 is 0. The number of hydrogen-bond acceptors (Lipinski definition) is 5. The molecule has 8 heteroatoms. The molecule has 35 heavy (non-hydrogen) atoms. The van der Waals surface area contributed by atoms with Crippen LogP contribution in [0, 0.1) is 12.8 Å². The highest BCUT2D eigenvalue weighted by Gasteiger charge is 2.36. The number of methoxy groups -OCH3 is 1. The van der Waals surface area contributed by atoms with E-state index >= 15 is 0 Å². The largest absolute Gasteiger partial charge is 0.495 e. The fourth-order valence-corrected chi connectivity index (χ4v) is 6.56. The third-order valence-electron chi connectivity index (χ3n) is 6.83. The molecule has 2 saturated heterocycles. The average Bonchev–Trinajstić information content (AvgIpc) is 2.89. The van der Waals surface area contributed by atoms with Crippen molar-refractivity contribution < 1.29 is 17.9 Å². The zero-order valence-electron chi connectivity index (χ0n) is 20.6. The van der Waals surface area contributed by atoms with Crippen LogP contribution in [0.3, 0.4) is 0 Å². The Bertz CT molecular complexity index is 1140. The van der Waals surface area contributed by atoms with E-state index in [2.05, 4.69) is 29.2 Å². The third-order valence-corrected chi connectivity index (χ3v) is 8.71. The summed E-state index contributed by atoms with van der Waals surface area (Å²) in [5.74, 6) is 0.0981. The first-order valence-corrected chi connectivity index (χ1v) is 13.7. The number of amides is 1. The number of ether oxygens (including phenoxy) is 1. The van der Waals surface area contributed by atoms with Gasteiger partial charge in [-0.3, -0.25) is 9.69 Å². The number of rotatable bonds is 7. The second-order valence-electron chi connectivity index (χ2n) is 9.30. The van der Waals surface area contributed by atoms with E-state index in [0.717, 1.165) is 31.6 Å². The van der Waals surface area contributed by atoms with Gasteiger partial charge in [0.1, 0.15) is 10.6 Å². The van der Waals surface area contributed by atoms with Gasteiger partial charge in [-0.1, -0.05) is 48.6 Å². The van der Waals surface area contributed by atoms with Gasteiger partial charge in [0.25, 0.3) is 0 Å². The minimum atomic E-state index is -3.74. The molecule has 0 N–H and O–H groups in total. The highest BCUT2D eigenvalue weighted by atomic mass is 32.2. The van der Waals surface area contributed by atoms with Crippen molar-refractivity contribution >= 4 is 22.0 Å². The molecule has 2 aromatic carbocycles. The van der Waals surface area contributed by atoms with E-state index in [1.54, 1.807) is 12.1 Å². The van der Waals surface area contributed by atoms with Crippen molar-refractivity contribution in [3.63, 3.8) is 0 Å². The van der Waals surface area contributed by atoms with Gasteiger partial charge in [0, 0.05) is 45.8 Å². The predicted octanol–water partition coefficient (Wildman–Crippen LogP) is 3.26. The molecule has 1 atom stereocenters. The molecule has 4 rings (SSSR count). The van der Waals surface area contributed by atoms with Gasteiger partial charge in [0.15, 0.2) is 0 Å². The van der Waals surface area contributed by atoms with Crippen LogP contribution >= 0.6 is 0 Å². The van der Waals surface area contributed by atoms with Crippen molar-refractivity contribution in [1.82, 2.24) is 14.1 Å². The standard InChI is InChI=1S/C27H35N3O4S/c1-22-12-13-25(34-2)26(20-22)35(32,33)30-15-7-11-24(21-30)27(31)29-18-16-28(17-19-29)14-6-10-23-8-4-3-5-9-23/h3-6,8-10,12-13,20,24H,7,11,14-19,21H2,1-2H3/b10-6+/t24-/m0/s1. The number of hydrogen-bond donors (Lipinski definition) is 0. The van der Waals surface area contributed by atoms with Crippen molar-refractivity contribution in [1.29, 1.82) is 0 Å². The van der Waals surface area contributed by atoms with Gasteiger partial charge in [-0.15, -0.1) is 0 Å². The first-order chi connectivity index (χ1) is 16.9. The maximum atomic E-state index is 13.4. The van der Waals surface area contributed by atoms with Crippen molar-refractivity contribution in [2.75, 3.05) is 52.9 Å². The summed E-state index contributed by atoms with van der Waals surface area (Å²) in [6, 6.07) is 15.4. The molecule has 2 fully saturated rings. The first-order valence-electron chi connectivity index (χ1n) is 12.3. The molecule has 0 aliphatic carbocycles. The van der Waals surface area contributed by atoms with Crippen LogP contribution in [0.4, 0.5) is 0 Å². The van der Waals surface area contributed by atoms with Crippen LogP contribution in [0.1, 0.15) is 24.0 Å². The highest BCUT2D eigenvalue weighted by Crippen LogP contribution is 2.31. The zero-order chi connectivity index (χ0) is 24.8. The third kappa shape index (κ3) is 6.12. The Labute approximate surface area is 209 Å². The molecule has 2 heterocycles. The number of piperidine rings is 1. The van der Waals surface area contributed by atoms with Crippen LogP contribution in [0.15, 0.2) is 59.5 Å². The number of benzene rings is 2. The molecule has 188 valence electrons. The summed E-state index contributed by atoms with van der Waals surface area (Å²) in [6.45, 7) is 6.34. The molecule has 0 unspecified atom stereocenters. The van der Waals surface area contributed by atoms with Gasteiger partial charge in [-0.2, -0.15) is 4.31 Å². The SMILES string of the molecule is COc1ccc(C)cc1S(=O)(=O)N1CCC[C@H](C(=O)N2CCN(C/C=C/c3ccccc3)CC2)C1. The van der Waals surface area contributed by atoms with Gasteiger partial charge in [0.2, 0.25) is 15.9 Å². The van der Waals surface area contributed by atoms with Crippen LogP contribution in [0.5, 0.6) is 5.75 Å². The maximum Gasteiger partial charge on any atom is 0.246 e. The predicted molar refractivity (Wildman–Crippen MR) is 138 cm³/mol. The van der Waals surface area contributed by atoms with Crippen molar-refractivity contribution in [3.8, 4) is 5.75 Å². The van der Waals surface area contributed by atoms with Crippen LogP contribution < -0.4 is 4.74 Å². The van der Waals surface area contributed by atoms with Gasteiger partial charge in [0.05, 0.1) is 13.0 Å². The summed E-state index contributed by atoms with van der Waals surface area (Å²) in [7, 11) is -2.27. The van der Waals surface area contributed by atoms with E-state index in [-0.39, 0.29) is 23.3 Å². The van der Waals surface area contributed by atoms with Gasteiger partial charge in [-0.05, 0) is 43.0 Å². The molecule has 2 aromatic rings. The number of aryl methyl sites for hydroxylation is 1. The Morgan fingerprint density at radius 1 is 1.06 bits per heavy atom. The molecule has 2 aliphatic heterocycles. The van der Waals surface area contributed by atoms with Crippen LogP contribution in [-0.2, 0) is 14.8 Å². The summed E-state index contributed by atoms with van der Waals surface area (Å²) in [5, 5.41) is 0. The Balaban J connectivity index is 1.33. The van der Waals surface area contributed by atoms with Gasteiger partial charge < -0.3 is 9.64 Å². The lowest BCUT2D eigenvalue weighted by Gasteiger charge is -2.38. The Hall–Kier alpha value is -2.68. The molecular weight excluding hydrogens is 462 g/mol. The summed E-state index contributed by atoms with van der Waals surface area (Å²) in [6.07, 6.45) is 5.68. The topological polar surface area (TPSA) is 70.2 Å². The monoisotopic (exact) mass is 497 g/mol. The van der Waals surface area contributed by atoms with Crippen molar-refractivity contribution in [2.45, 2.75) is 24.7 Å². The molecule has 2 aliphatic rings. The maximum absolute atomic E-state index is 13.4. The Kier molecular flexibility index (Phi) is 8.26. The van der Waals surface area contributed by atoms with Crippen molar-refractivity contribution in [2.24, 2.45) is 5.92 Å². The molecule has 0 bridgehead atoms. The Morgan fingerprint density at radius 2 is 1.80 bits per heavy atom. The van der Waals surface area contributed by atoms with Crippen molar-refractivity contribution in [3.05, 3.63) is 65.7 Å². The van der Waals surface area contributed by atoms with E-state index in [1.165, 1.54) is 17.0 Å². The van der Waals surface area contributed by atoms with E-state index < -0.39 is 10.0 Å². The number of sulfonamides is 1. The fourth-order valence-electron chi connectivity index (χ4n) is 4.80. The summed E-state index contributed by atoms with van der Waals surface area (Å²) in [4.78, 5) is 17.7. The molecule has 0 radical (unpaired) electrons. The molecule has 0 spiro atoms. The van der Waals surface area contributed by atoms with E-state index in [0.29, 0.717) is 31.8 Å². The highest BCUT2D eigenvalue weighted by molar-refractivity contribution is 7.89. The van der Waals surface area contributed by atoms with E-state index in [1.807, 2.05) is 36.1 Å². The van der Waals surface area contributed by atoms with E-state index in [9.17, 15) is 13.2 Å². The zero-order valence-corrected chi connectivity index (χ0v) is 21.4. The summed E-state index contributed by atoms with van der Waals surface area (Å²) < 4.78 is 33.6. The van der Waals surface area contributed by atoms with E-state index in [4.69, 9.17) is 4.74 Å². The molecule has 1 amide bonds. The van der Waals surface area contributed by atoms with Gasteiger partial charge >= 0.3 is 0 Å². The second kappa shape index (κ2) is 11.4.